The molecule has 0 radical (unpaired) electrons. The molecule has 0 aromatic heterocycles. The minimum Gasteiger partial charge on any atom is -0.389 e. The van der Waals surface area contributed by atoms with Crippen LogP contribution in [0, 0.1) is 0 Å². The minimum absolute atomic E-state index is 0.197. The van der Waals surface area contributed by atoms with Crippen LogP contribution in [0.4, 0.5) is 0 Å². The summed E-state index contributed by atoms with van der Waals surface area (Å²) in [5, 5.41) is 13.2. The molecule has 1 saturated heterocycles. The minimum atomic E-state index is -0.457. The molecule has 1 unspecified atom stereocenters. The zero-order valence-electron chi connectivity index (χ0n) is 9.93. The van der Waals surface area contributed by atoms with Crippen LogP contribution in [0.1, 0.15) is 34.1 Å². The van der Waals surface area contributed by atoms with Gasteiger partial charge in [0.1, 0.15) is 0 Å². The van der Waals surface area contributed by atoms with E-state index in [1.165, 1.54) is 0 Å². The third kappa shape index (κ3) is 4.40. The van der Waals surface area contributed by atoms with Crippen LogP contribution < -0.4 is 5.32 Å². The van der Waals surface area contributed by atoms with Gasteiger partial charge in [0.05, 0.1) is 5.60 Å². The molecule has 2 N–H and O–H groups in total. The van der Waals surface area contributed by atoms with Gasteiger partial charge in [-0.3, -0.25) is 4.90 Å². The van der Waals surface area contributed by atoms with E-state index >= 15 is 0 Å². The molecule has 14 heavy (non-hydrogen) atoms. The van der Waals surface area contributed by atoms with Crippen molar-refractivity contribution in [2.24, 2.45) is 0 Å². The van der Waals surface area contributed by atoms with Gasteiger partial charge in [0, 0.05) is 31.7 Å². The molecule has 84 valence electrons. The molecule has 1 heterocycles. The van der Waals surface area contributed by atoms with Crippen LogP contribution in [0.3, 0.4) is 0 Å². The molecule has 0 amide bonds. The van der Waals surface area contributed by atoms with E-state index in [-0.39, 0.29) is 5.54 Å². The quantitative estimate of drug-likeness (QED) is 0.708. The Kier molecular flexibility index (Phi) is 3.56. The lowest BCUT2D eigenvalue weighted by Crippen LogP contribution is -2.41. The van der Waals surface area contributed by atoms with Crippen molar-refractivity contribution in [3.8, 4) is 0 Å². The van der Waals surface area contributed by atoms with E-state index in [0.29, 0.717) is 0 Å². The summed E-state index contributed by atoms with van der Waals surface area (Å²) >= 11 is 0. The Morgan fingerprint density at radius 2 is 2.07 bits per heavy atom. The standard InChI is InChI=1S/C11H24N2O/c1-10(2,3)12-6-8-13-7-5-11(4,14)9-13/h12,14H,5-9H2,1-4H3. The molecule has 1 atom stereocenters. The number of nitrogens with one attached hydrogen (secondary N) is 1. The van der Waals surface area contributed by atoms with E-state index in [1.807, 2.05) is 6.92 Å². The topological polar surface area (TPSA) is 35.5 Å². The van der Waals surface area contributed by atoms with Gasteiger partial charge in [-0.1, -0.05) is 0 Å². The summed E-state index contributed by atoms with van der Waals surface area (Å²) in [6.45, 7) is 12.3. The number of rotatable bonds is 3. The van der Waals surface area contributed by atoms with E-state index in [0.717, 1.165) is 32.6 Å². The van der Waals surface area contributed by atoms with Crippen molar-refractivity contribution in [2.75, 3.05) is 26.2 Å². The van der Waals surface area contributed by atoms with Crippen molar-refractivity contribution >= 4 is 0 Å². The fourth-order valence-electron chi connectivity index (χ4n) is 1.82. The molecule has 0 aromatic carbocycles. The zero-order chi connectivity index (χ0) is 10.8. The lowest BCUT2D eigenvalue weighted by molar-refractivity contribution is 0.0688. The van der Waals surface area contributed by atoms with Crippen molar-refractivity contribution in [1.29, 1.82) is 0 Å². The average Bonchev–Trinajstić information content (AvgIpc) is 2.27. The molecule has 0 aromatic rings. The van der Waals surface area contributed by atoms with Crippen molar-refractivity contribution in [2.45, 2.75) is 45.3 Å². The number of aliphatic hydroxyl groups is 1. The highest BCUT2D eigenvalue weighted by Crippen LogP contribution is 2.19. The summed E-state index contributed by atoms with van der Waals surface area (Å²) in [6, 6.07) is 0. The molecule has 1 aliphatic rings. The van der Waals surface area contributed by atoms with Crippen LogP contribution in [0.5, 0.6) is 0 Å². The first-order chi connectivity index (χ1) is 6.29. The normalized spacial score (nSPS) is 29.8. The van der Waals surface area contributed by atoms with Crippen molar-refractivity contribution in [3.05, 3.63) is 0 Å². The second-order valence-corrected chi connectivity index (χ2v) is 5.70. The Bertz CT molecular complexity index is 184. The van der Waals surface area contributed by atoms with Crippen molar-refractivity contribution < 1.29 is 5.11 Å². The van der Waals surface area contributed by atoms with E-state index in [2.05, 4.69) is 31.0 Å². The van der Waals surface area contributed by atoms with Gasteiger partial charge in [0.2, 0.25) is 0 Å². The first-order valence-electron chi connectivity index (χ1n) is 5.48. The van der Waals surface area contributed by atoms with Crippen LogP contribution in [0.15, 0.2) is 0 Å². The predicted octanol–water partition coefficient (Wildman–Crippen LogP) is 0.831. The summed E-state index contributed by atoms with van der Waals surface area (Å²) in [5.74, 6) is 0. The van der Waals surface area contributed by atoms with Gasteiger partial charge < -0.3 is 10.4 Å². The van der Waals surface area contributed by atoms with Crippen LogP contribution >= 0.6 is 0 Å². The number of hydrogen-bond donors (Lipinski definition) is 2. The van der Waals surface area contributed by atoms with Gasteiger partial charge in [-0.25, -0.2) is 0 Å². The molecule has 0 bridgehead atoms. The fourth-order valence-corrected chi connectivity index (χ4v) is 1.82. The molecule has 1 aliphatic heterocycles. The molecule has 3 heteroatoms. The summed E-state index contributed by atoms with van der Waals surface area (Å²) < 4.78 is 0. The summed E-state index contributed by atoms with van der Waals surface area (Å²) in [6.07, 6.45) is 0.905. The first kappa shape index (κ1) is 12.0. The molecule has 0 spiro atoms. The third-order valence-corrected chi connectivity index (χ3v) is 2.61. The highest BCUT2D eigenvalue weighted by molar-refractivity contribution is 4.86. The van der Waals surface area contributed by atoms with Crippen LogP contribution in [0.2, 0.25) is 0 Å². The Hall–Kier alpha value is -0.120. The molecule has 0 aliphatic carbocycles. The Morgan fingerprint density at radius 3 is 2.50 bits per heavy atom. The maximum absolute atomic E-state index is 9.76. The number of hydrogen-bond acceptors (Lipinski definition) is 3. The predicted molar refractivity (Wildman–Crippen MR) is 59.4 cm³/mol. The van der Waals surface area contributed by atoms with Crippen molar-refractivity contribution in [3.63, 3.8) is 0 Å². The average molecular weight is 200 g/mol. The monoisotopic (exact) mass is 200 g/mol. The van der Waals surface area contributed by atoms with Gasteiger partial charge in [-0.15, -0.1) is 0 Å². The fraction of sp³-hybridized carbons (Fsp3) is 1.00. The molecule has 0 saturated carbocycles. The number of likely N-dealkylation sites (tertiary alicyclic amines) is 1. The molecule has 3 nitrogen and oxygen atoms in total. The van der Waals surface area contributed by atoms with Gasteiger partial charge in [-0.05, 0) is 34.1 Å². The van der Waals surface area contributed by atoms with Gasteiger partial charge >= 0.3 is 0 Å². The maximum atomic E-state index is 9.76. The second-order valence-electron chi connectivity index (χ2n) is 5.70. The van der Waals surface area contributed by atoms with Gasteiger partial charge in [0.25, 0.3) is 0 Å². The Labute approximate surface area is 87.5 Å². The Morgan fingerprint density at radius 1 is 1.43 bits per heavy atom. The molecular weight excluding hydrogens is 176 g/mol. The van der Waals surface area contributed by atoms with E-state index < -0.39 is 5.60 Å². The molecule has 1 fully saturated rings. The Balaban J connectivity index is 2.15. The summed E-state index contributed by atoms with van der Waals surface area (Å²) in [4.78, 5) is 2.32. The van der Waals surface area contributed by atoms with Crippen LogP contribution in [0.25, 0.3) is 0 Å². The highest BCUT2D eigenvalue weighted by atomic mass is 16.3. The second kappa shape index (κ2) is 4.17. The summed E-state index contributed by atoms with van der Waals surface area (Å²) in [7, 11) is 0. The first-order valence-corrected chi connectivity index (χ1v) is 5.48. The smallest absolute Gasteiger partial charge is 0.0758 e. The molecular formula is C11H24N2O. The van der Waals surface area contributed by atoms with E-state index in [9.17, 15) is 5.11 Å². The third-order valence-electron chi connectivity index (χ3n) is 2.61. The number of β-amino-alcohol motifs (C(OH)–C–C–N with tert-alkyl or cyclic N) is 1. The maximum Gasteiger partial charge on any atom is 0.0758 e. The number of nitrogens with zero attached hydrogens (tertiary/aromatic N) is 1. The largest absolute Gasteiger partial charge is 0.389 e. The molecule has 1 rings (SSSR count). The van der Waals surface area contributed by atoms with Gasteiger partial charge in [-0.2, -0.15) is 0 Å². The van der Waals surface area contributed by atoms with Crippen LogP contribution in [-0.4, -0.2) is 47.3 Å². The summed E-state index contributed by atoms with van der Waals surface area (Å²) in [5.41, 5.74) is -0.260. The zero-order valence-corrected chi connectivity index (χ0v) is 9.93. The van der Waals surface area contributed by atoms with E-state index in [1.54, 1.807) is 0 Å². The lowest BCUT2D eigenvalue weighted by atomic mass is 10.1. The van der Waals surface area contributed by atoms with Crippen LogP contribution in [-0.2, 0) is 0 Å². The van der Waals surface area contributed by atoms with E-state index in [4.69, 9.17) is 0 Å². The SMILES string of the molecule is CC1(O)CCN(CCNC(C)(C)C)C1. The van der Waals surface area contributed by atoms with Crippen molar-refractivity contribution in [1.82, 2.24) is 10.2 Å². The lowest BCUT2D eigenvalue weighted by Gasteiger charge is -2.24. The highest BCUT2D eigenvalue weighted by Gasteiger charge is 2.30. The van der Waals surface area contributed by atoms with Gasteiger partial charge in [0.15, 0.2) is 0 Å².